The van der Waals surface area contributed by atoms with Gasteiger partial charge in [0.1, 0.15) is 0 Å². The molecule has 1 aliphatic carbocycles. The first-order chi connectivity index (χ1) is 8.93. The highest BCUT2D eigenvalue weighted by molar-refractivity contribution is 7.91. The fourth-order valence-electron chi connectivity index (χ4n) is 3.41. The fourth-order valence-corrected chi connectivity index (χ4v) is 5.27. The maximum absolute atomic E-state index is 12.2. The van der Waals surface area contributed by atoms with Gasteiger partial charge in [0, 0.05) is 19.5 Å². The topological polar surface area (TPSA) is 80.5 Å². The molecule has 2 N–H and O–H groups in total. The largest absolute Gasteiger partial charge is 0.342 e. The van der Waals surface area contributed by atoms with Crippen molar-refractivity contribution < 1.29 is 13.2 Å². The Kier molecular flexibility index (Phi) is 4.50. The lowest BCUT2D eigenvalue weighted by molar-refractivity contribution is -0.133. The maximum Gasteiger partial charge on any atom is 0.222 e. The second kappa shape index (κ2) is 5.79. The highest BCUT2D eigenvalue weighted by Crippen LogP contribution is 2.30. The Morgan fingerprint density at radius 1 is 1.32 bits per heavy atom. The van der Waals surface area contributed by atoms with Gasteiger partial charge in [-0.25, -0.2) is 8.42 Å². The van der Waals surface area contributed by atoms with Gasteiger partial charge in [-0.2, -0.15) is 0 Å². The van der Waals surface area contributed by atoms with Crippen molar-refractivity contribution in [3.63, 3.8) is 0 Å². The number of nitrogens with zero attached hydrogens (tertiary/aromatic N) is 1. The lowest BCUT2D eigenvalue weighted by Crippen LogP contribution is -2.42. The van der Waals surface area contributed by atoms with E-state index in [1.54, 1.807) is 0 Å². The van der Waals surface area contributed by atoms with Crippen LogP contribution in [0.4, 0.5) is 0 Å². The van der Waals surface area contributed by atoms with Crippen molar-refractivity contribution >= 4 is 15.7 Å². The zero-order valence-electron chi connectivity index (χ0n) is 11.5. The maximum atomic E-state index is 12.2. The summed E-state index contributed by atoms with van der Waals surface area (Å²) in [7, 11) is -1.05. The summed E-state index contributed by atoms with van der Waals surface area (Å²) in [6.45, 7) is 0.625. The number of rotatable bonds is 4. The van der Waals surface area contributed by atoms with Gasteiger partial charge in [-0.3, -0.25) is 4.79 Å². The van der Waals surface area contributed by atoms with E-state index < -0.39 is 9.84 Å². The fraction of sp³-hybridized carbons (Fsp3) is 0.923. The van der Waals surface area contributed by atoms with E-state index in [1.165, 1.54) is 0 Å². The monoisotopic (exact) mass is 288 g/mol. The molecule has 0 aromatic carbocycles. The Balaban J connectivity index is 1.89. The van der Waals surface area contributed by atoms with Crippen molar-refractivity contribution in [1.29, 1.82) is 0 Å². The Labute approximate surface area is 115 Å². The summed E-state index contributed by atoms with van der Waals surface area (Å²) < 4.78 is 22.8. The van der Waals surface area contributed by atoms with Crippen molar-refractivity contribution in [3.05, 3.63) is 0 Å². The van der Waals surface area contributed by atoms with E-state index in [-0.39, 0.29) is 29.4 Å². The third-order valence-corrected chi connectivity index (χ3v) is 6.44. The third kappa shape index (κ3) is 3.48. The van der Waals surface area contributed by atoms with Gasteiger partial charge in [0.25, 0.3) is 0 Å². The molecule has 0 spiro atoms. The average Bonchev–Trinajstić information content (AvgIpc) is 2.94. The molecule has 3 atom stereocenters. The lowest BCUT2D eigenvalue weighted by Gasteiger charge is -2.30. The number of sulfone groups is 1. The van der Waals surface area contributed by atoms with Crippen LogP contribution in [0, 0.1) is 11.8 Å². The molecule has 1 saturated carbocycles. The van der Waals surface area contributed by atoms with Crippen molar-refractivity contribution in [2.45, 2.75) is 38.1 Å². The minimum absolute atomic E-state index is 0.0117. The van der Waals surface area contributed by atoms with E-state index in [4.69, 9.17) is 5.73 Å². The second-order valence-corrected chi connectivity index (χ2v) is 8.20. The van der Waals surface area contributed by atoms with Gasteiger partial charge in [0.15, 0.2) is 9.84 Å². The van der Waals surface area contributed by atoms with Crippen molar-refractivity contribution in [2.75, 3.05) is 25.1 Å². The first-order valence-corrected chi connectivity index (χ1v) is 8.91. The second-order valence-electron chi connectivity index (χ2n) is 5.97. The van der Waals surface area contributed by atoms with E-state index in [1.807, 2.05) is 11.9 Å². The van der Waals surface area contributed by atoms with Crippen LogP contribution in [0.1, 0.15) is 32.1 Å². The number of carbonyl (C=O) groups is 1. The summed E-state index contributed by atoms with van der Waals surface area (Å²) in [6.07, 6.45) is 4.24. The number of amides is 1. The molecule has 0 aromatic heterocycles. The van der Waals surface area contributed by atoms with Crippen LogP contribution in [0.2, 0.25) is 0 Å². The molecule has 19 heavy (non-hydrogen) atoms. The van der Waals surface area contributed by atoms with Crippen LogP contribution in [-0.4, -0.2) is 50.4 Å². The van der Waals surface area contributed by atoms with Crippen molar-refractivity contribution in [3.8, 4) is 0 Å². The number of hydrogen-bond donors (Lipinski definition) is 1. The SMILES string of the molecule is CN(C(=O)CC1CCS(=O)(=O)C1)C1CCCC1CN. The van der Waals surface area contributed by atoms with E-state index in [9.17, 15) is 13.2 Å². The molecule has 0 bridgehead atoms. The quantitative estimate of drug-likeness (QED) is 0.812. The van der Waals surface area contributed by atoms with E-state index in [0.29, 0.717) is 25.3 Å². The molecular weight excluding hydrogens is 264 g/mol. The standard InChI is InChI=1S/C13H24N2O3S/c1-15(12-4-2-3-11(12)8-14)13(16)7-10-5-6-19(17,18)9-10/h10-12H,2-9,14H2,1H3. The highest BCUT2D eigenvalue weighted by Gasteiger charge is 2.34. The highest BCUT2D eigenvalue weighted by atomic mass is 32.2. The van der Waals surface area contributed by atoms with E-state index >= 15 is 0 Å². The molecule has 2 fully saturated rings. The average molecular weight is 288 g/mol. The van der Waals surface area contributed by atoms with Crippen LogP contribution >= 0.6 is 0 Å². The molecule has 110 valence electrons. The Morgan fingerprint density at radius 3 is 2.63 bits per heavy atom. The Morgan fingerprint density at radius 2 is 2.05 bits per heavy atom. The van der Waals surface area contributed by atoms with Crippen molar-refractivity contribution in [1.82, 2.24) is 4.90 Å². The lowest BCUT2D eigenvalue weighted by atomic mass is 10.00. The summed E-state index contributed by atoms with van der Waals surface area (Å²) in [5, 5.41) is 0. The van der Waals surface area contributed by atoms with Crippen molar-refractivity contribution in [2.24, 2.45) is 17.6 Å². The number of carbonyl (C=O) groups excluding carboxylic acids is 1. The predicted molar refractivity (Wildman–Crippen MR) is 74.3 cm³/mol. The van der Waals surface area contributed by atoms with E-state index in [0.717, 1.165) is 19.3 Å². The van der Waals surface area contributed by atoms with Crippen LogP contribution in [0.25, 0.3) is 0 Å². The minimum Gasteiger partial charge on any atom is -0.342 e. The molecule has 1 amide bonds. The Hall–Kier alpha value is -0.620. The minimum atomic E-state index is -2.89. The molecule has 1 saturated heterocycles. The zero-order valence-corrected chi connectivity index (χ0v) is 12.4. The molecule has 3 unspecified atom stereocenters. The van der Waals surface area contributed by atoms with Crippen LogP contribution in [0.5, 0.6) is 0 Å². The predicted octanol–water partition coefficient (Wildman–Crippen LogP) is 0.397. The molecule has 2 rings (SSSR count). The molecule has 1 aliphatic heterocycles. The summed E-state index contributed by atoms with van der Waals surface area (Å²) in [5.41, 5.74) is 5.74. The molecular formula is C13H24N2O3S. The van der Waals surface area contributed by atoms with Gasteiger partial charge in [-0.15, -0.1) is 0 Å². The molecule has 0 aromatic rings. The summed E-state index contributed by atoms with van der Waals surface area (Å²) >= 11 is 0. The first-order valence-electron chi connectivity index (χ1n) is 7.09. The summed E-state index contributed by atoms with van der Waals surface area (Å²) in [5.74, 6) is 0.910. The van der Waals surface area contributed by atoms with Gasteiger partial charge in [0.05, 0.1) is 11.5 Å². The van der Waals surface area contributed by atoms with Crippen LogP contribution in [0.3, 0.4) is 0 Å². The molecule has 5 nitrogen and oxygen atoms in total. The molecule has 6 heteroatoms. The van der Waals surface area contributed by atoms with E-state index in [2.05, 4.69) is 0 Å². The van der Waals surface area contributed by atoms with Crippen LogP contribution in [0.15, 0.2) is 0 Å². The number of nitrogens with two attached hydrogens (primary N) is 1. The van der Waals surface area contributed by atoms with Gasteiger partial charge >= 0.3 is 0 Å². The van der Waals surface area contributed by atoms with Gasteiger partial charge in [-0.1, -0.05) is 6.42 Å². The zero-order chi connectivity index (χ0) is 14.0. The normalized spacial score (nSPS) is 33.5. The Bertz CT molecular complexity index is 435. The smallest absolute Gasteiger partial charge is 0.222 e. The molecule has 0 radical (unpaired) electrons. The molecule has 2 aliphatic rings. The number of hydrogen-bond acceptors (Lipinski definition) is 4. The molecule has 1 heterocycles. The van der Waals surface area contributed by atoms with Gasteiger partial charge in [0.2, 0.25) is 5.91 Å². The van der Waals surface area contributed by atoms with Crippen LogP contribution in [-0.2, 0) is 14.6 Å². The summed E-state index contributed by atoms with van der Waals surface area (Å²) in [4.78, 5) is 14.1. The van der Waals surface area contributed by atoms with Gasteiger partial charge < -0.3 is 10.6 Å². The van der Waals surface area contributed by atoms with Gasteiger partial charge in [-0.05, 0) is 37.6 Å². The summed E-state index contributed by atoms with van der Waals surface area (Å²) in [6, 6.07) is 0.246. The first kappa shape index (κ1) is 14.8. The van der Waals surface area contributed by atoms with Crippen LogP contribution < -0.4 is 5.73 Å². The third-order valence-electron chi connectivity index (χ3n) is 4.60.